The Morgan fingerprint density at radius 3 is 2.38 bits per heavy atom. The molecule has 0 unspecified atom stereocenters. The van der Waals surface area contributed by atoms with Crippen molar-refractivity contribution >= 4 is 33.1 Å². The number of nitrogens with zero attached hydrogens (tertiary/aromatic N) is 2. The maximum absolute atomic E-state index is 4.61. The summed E-state index contributed by atoms with van der Waals surface area (Å²) in [5, 5.41) is 4.50. The van der Waals surface area contributed by atoms with Gasteiger partial charge in [-0.15, -0.1) is 11.3 Å². The highest BCUT2D eigenvalue weighted by molar-refractivity contribution is 7.21. The van der Waals surface area contributed by atoms with Gasteiger partial charge in [0.15, 0.2) is 0 Å². The number of hydrogen-bond acceptors (Lipinski definition) is 4. The molecular weight excluding hydrogens is 314 g/mol. The summed E-state index contributed by atoms with van der Waals surface area (Å²) in [6, 6.07) is 20.9. The van der Waals surface area contributed by atoms with Gasteiger partial charge in [0, 0.05) is 10.6 Å². The lowest BCUT2D eigenvalue weighted by molar-refractivity contribution is 1.10. The van der Waals surface area contributed by atoms with Gasteiger partial charge in [0.05, 0.1) is 5.39 Å². The summed E-state index contributed by atoms with van der Waals surface area (Å²) in [5.74, 6) is 1.64. The van der Waals surface area contributed by atoms with Crippen LogP contribution in [0.4, 0.5) is 11.5 Å². The Kier molecular flexibility index (Phi) is 3.75. The van der Waals surface area contributed by atoms with Crippen LogP contribution in [0.3, 0.4) is 0 Å². The van der Waals surface area contributed by atoms with Gasteiger partial charge in [0.25, 0.3) is 0 Å². The van der Waals surface area contributed by atoms with E-state index in [1.807, 2.05) is 13.0 Å². The van der Waals surface area contributed by atoms with E-state index in [0.717, 1.165) is 27.5 Å². The minimum Gasteiger partial charge on any atom is -0.340 e. The second-order valence-electron chi connectivity index (χ2n) is 5.81. The van der Waals surface area contributed by atoms with Crippen molar-refractivity contribution < 1.29 is 0 Å². The first-order chi connectivity index (χ1) is 11.7. The molecule has 0 aliphatic heterocycles. The summed E-state index contributed by atoms with van der Waals surface area (Å²) in [6.07, 6.45) is 0. The molecule has 0 bridgehead atoms. The zero-order chi connectivity index (χ0) is 16.5. The zero-order valence-corrected chi connectivity index (χ0v) is 14.4. The Balaban J connectivity index is 1.80. The molecule has 1 N–H and O–H groups in total. The summed E-state index contributed by atoms with van der Waals surface area (Å²) in [6.45, 7) is 4.02. The average molecular weight is 331 g/mol. The molecule has 0 radical (unpaired) electrons. The lowest BCUT2D eigenvalue weighted by Gasteiger charge is -2.07. The Bertz CT molecular complexity index is 989. The Morgan fingerprint density at radius 2 is 1.62 bits per heavy atom. The zero-order valence-electron chi connectivity index (χ0n) is 13.6. The molecule has 0 amide bonds. The lowest BCUT2D eigenvalue weighted by Crippen LogP contribution is -1.97. The van der Waals surface area contributed by atoms with Crippen LogP contribution in [-0.4, -0.2) is 9.97 Å². The molecule has 118 valence electrons. The molecule has 0 atom stereocenters. The van der Waals surface area contributed by atoms with Crippen molar-refractivity contribution in [2.45, 2.75) is 13.8 Å². The molecule has 0 saturated carbocycles. The van der Waals surface area contributed by atoms with Gasteiger partial charge in [0.1, 0.15) is 16.5 Å². The second kappa shape index (κ2) is 6.06. The molecule has 2 aromatic carbocycles. The monoisotopic (exact) mass is 331 g/mol. The molecule has 2 heterocycles. The molecule has 0 saturated heterocycles. The van der Waals surface area contributed by atoms with E-state index < -0.39 is 0 Å². The van der Waals surface area contributed by atoms with Gasteiger partial charge in [-0.3, -0.25) is 0 Å². The summed E-state index contributed by atoms with van der Waals surface area (Å²) < 4.78 is 0. The van der Waals surface area contributed by atoms with Gasteiger partial charge in [-0.25, -0.2) is 9.97 Å². The molecule has 4 rings (SSSR count). The number of aryl methyl sites for hydroxylation is 2. The summed E-state index contributed by atoms with van der Waals surface area (Å²) >= 11 is 1.70. The second-order valence-corrected chi connectivity index (χ2v) is 6.84. The number of hydrogen-bond donors (Lipinski definition) is 1. The standard InChI is InChI=1S/C20H17N3S/c1-13-8-10-16(11-9-13)23-19-17-12-18(15-6-4-3-5-7-15)24-20(17)22-14(2)21-19/h3-12H,1-2H3,(H,21,22,23). The van der Waals surface area contributed by atoms with Crippen molar-refractivity contribution in [2.24, 2.45) is 0 Å². The Hall–Kier alpha value is -2.72. The number of rotatable bonds is 3. The maximum atomic E-state index is 4.61. The average Bonchev–Trinajstić information content (AvgIpc) is 3.02. The van der Waals surface area contributed by atoms with Crippen LogP contribution in [0.5, 0.6) is 0 Å². The van der Waals surface area contributed by atoms with Gasteiger partial charge >= 0.3 is 0 Å². The van der Waals surface area contributed by atoms with E-state index in [0.29, 0.717) is 0 Å². The first-order valence-electron chi connectivity index (χ1n) is 7.86. The predicted octanol–water partition coefficient (Wildman–Crippen LogP) is 5.72. The van der Waals surface area contributed by atoms with Crippen LogP contribution in [0.25, 0.3) is 20.7 Å². The van der Waals surface area contributed by atoms with Crippen molar-refractivity contribution in [1.29, 1.82) is 0 Å². The van der Waals surface area contributed by atoms with Crippen LogP contribution in [0, 0.1) is 13.8 Å². The van der Waals surface area contributed by atoms with E-state index in [9.17, 15) is 0 Å². The third-order valence-corrected chi connectivity index (χ3v) is 4.96. The number of nitrogens with one attached hydrogen (secondary N) is 1. The van der Waals surface area contributed by atoms with Crippen LogP contribution in [-0.2, 0) is 0 Å². The molecule has 4 heteroatoms. The predicted molar refractivity (Wildman–Crippen MR) is 102 cm³/mol. The normalized spacial score (nSPS) is 10.9. The molecule has 0 fully saturated rings. The summed E-state index contributed by atoms with van der Waals surface area (Å²) in [4.78, 5) is 11.4. The van der Waals surface area contributed by atoms with E-state index in [1.165, 1.54) is 16.0 Å². The molecule has 0 aliphatic rings. The third kappa shape index (κ3) is 2.88. The van der Waals surface area contributed by atoms with E-state index in [-0.39, 0.29) is 0 Å². The quantitative estimate of drug-likeness (QED) is 0.522. The minimum atomic E-state index is 0.776. The highest BCUT2D eigenvalue weighted by Crippen LogP contribution is 2.36. The minimum absolute atomic E-state index is 0.776. The first kappa shape index (κ1) is 14.8. The van der Waals surface area contributed by atoms with Gasteiger partial charge in [-0.2, -0.15) is 0 Å². The van der Waals surface area contributed by atoms with Gasteiger partial charge in [0.2, 0.25) is 0 Å². The Morgan fingerprint density at radius 1 is 0.875 bits per heavy atom. The maximum Gasteiger partial charge on any atom is 0.142 e. The van der Waals surface area contributed by atoms with Crippen LogP contribution in [0.15, 0.2) is 60.7 Å². The van der Waals surface area contributed by atoms with E-state index in [2.05, 4.69) is 76.8 Å². The van der Waals surface area contributed by atoms with Crippen molar-refractivity contribution in [3.8, 4) is 10.4 Å². The fourth-order valence-corrected chi connectivity index (χ4v) is 3.72. The van der Waals surface area contributed by atoms with Crippen LogP contribution in [0.2, 0.25) is 0 Å². The summed E-state index contributed by atoms with van der Waals surface area (Å²) in [5.41, 5.74) is 3.48. The molecule has 0 aliphatic carbocycles. The van der Waals surface area contributed by atoms with Crippen LogP contribution >= 0.6 is 11.3 Å². The molecule has 2 aromatic heterocycles. The highest BCUT2D eigenvalue weighted by atomic mass is 32.1. The molecule has 24 heavy (non-hydrogen) atoms. The number of anilines is 2. The van der Waals surface area contributed by atoms with Gasteiger partial charge in [-0.1, -0.05) is 48.0 Å². The van der Waals surface area contributed by atoms with E-state index >= 15 is 0 Å². The first-order valence-corrected chi connectivity index (χ1v) is 8.68. The number of benzene rings is 2. The summed E-state index contributed by atoms with van der Waals surface area (Å²) in [7, 11) is 0. The van der Waals surface area contributed by atoms with E-state index in [1.54, 1.807) is 11.3 Å². The number of fused-ring (bicyclic) bond motifs is 1. The molecule has 3 nitrogen and oxygen atoms in total. The van der Waals surface area contributed by atoms with Crippen molar-refractivity contribution in [3.63, 3.8) is 0 Å². The Labute approximate surface area is 145 Å². The van der Waals surface area contributed by atoms with Crippen LogP contribution in [0.1, 0.15) is 11.4 Å². The molecule has 0 spiro atoms. The lowest BCUT2D eigenvalue weighted by atomic mass is 10.2. The van der Waals surface area contributed by atoms with Gasteiger partial charge < -0.3 is 5.32 Å². The van der Waals surface area contributed by atoms with Gasteiger partial charge in [-0.05, 0) is 37.6 Å². The number of thiophene rings is 1. The number of aromatic nitrogens is 2. The molecule has 4 aromatic rings. The molecular formula is C20H17N3S. The largest absolute Gasteiger partial charge is 0.340 e. The topological polar surface area (TPSA) is 37.8 Å². The fraction of sp³-hybridized carbons (Fsp3) is 0.100. The third-order valence-electron chi connectivity index (χ3n) is 3.88. The fourth-order valence-electron chi connectivity index (χ4n) is 2.64. The van der Waals surface area contributed by atoms with Crippen molar-refractivity contribution in [2.75, 3.05) is 5.32 Å². The van der Waals surface area contributed by atoms with Crippen molar-refractivity contribution in [1.82, 2.24) is 9.97 Å². The smallest absolute Gasteiger partial charge is 0.142 e. The SMILES string of the molecule is Cc1ccc(Nc2nc(C)nc3sc(-c4ccccc4)cc23)cc1. The van der Waals surface area contributed by atoms with Crippen LogP contribution < -0.4 is 5.32 Å². The van der Waals surface area contributed by atoms with E-state index in [4.69, 9.17) is 0 Å². The van der Waals surface area contributed by atoms with Crippen molar-refractivity contribution in [3.05, 3.63) is 72.1 Å². The highest BCUT2D eigenvalue weighted by Gasteiger charge is 2.11.